The van der Waals surface area contributed by atoms with E-state index in [2.05, 4.69) is 20.6 Å². The summed E-state index contributed by atoms with van der Waals surface area (Å²) < 4.78 is 14.5. The number of nitrogens with one attached hydrogen (secondary N) is 2. The quantitative estimate of drug-likeness (QED) is 0.694. The van der Waals surface area contributed by atoms with Crippen LogP contribution >= 0.6 is 0 Å². The molecule has 2 aliphatic rings. The molecule has 0 aliphatic heterocycles. The van der Waals surface area contributed by atoms with Gasteiger partial charge in [-0.15, -0.1) is 0 Å². The Kier molecular flexibility index (Phi) is 5.85. The number of pyridine rings is 2. The van der Waals surface area contributed by atoms with E-state index < -0.39 is 0 Å². The molecule has 0 radical (unpaired) electrons. The van der Waals surface area contributed by atoms with Crippen molar-refractivity contribution >= 4 is 11.5 Å². The number of rotatable bonds is 6. The third-order valence-electron chi connectivity index (χ3n) is 5.65. The fraction of sp³-hybridized carbons (Fsp3) is 0.545. The summed E-state index contributed by atoms with van der Waals surface area (Å²) in [6.07, 6.45) is 16.3. The smallest absolute Gasteiger partial charge is 0.149 e. The molecule has 2 saturated carbocycles. The van der Waals surface area contributed by atoms with Crippen LogP contribution in [0.25, 0.3) is 11.1 Å². The molecular weight excluding hydrogens is 339 g/mol. The fourth-order valence-electron chi connectivity index (χ4n) is 3.82. The van der Waals surface area contributed by atoms with Crippen LogP contribution in [0.1, 0.15) is 57.8 Å². The van der Waals surface area contributed by atoms with Gasteiger partial charge in [0.2, 0.25) is 0 Å². The maximum atomic E-state index is 14.5. The van der Waals surface area contributed by atoms with E-state index in [1.807, 2.05) is 12.1 Å². The van der Waals surface area contributed by atoms with Crippen molar-refractivity contribution in [2.45, 2.75) is 63.8 Å². The Hall–Kier alpha value is -2.17. The van der Waals surface area contributed by atoms with Gasteiger partial charge in [-0.2, -0.15) is 0 Å². The first-order chi connectivity index (χ1) is 13.3. The minimum Gasteiger partial charge on any atom is -0.384 e. The van der Waals surface area contributed by atoms with E-state index in [1.54, 1.807) is 12.4 Å². The van der Waals surface area contributed by atoms with E-state index in [9.17, 15) is 4.39 Å². The average molecular weight is 369 g/mol. The largest absolute Gasteiger partial charge is 0.384 e. The van der Waals surface area contributed by atoms with Gasteiger partial charge in [0, 0.05) is 36.1 Å². The van der Waals surface area contributed by atoms with E-state index >= 15 is 0 Å². The van der Waals surface area contributed by atoms with Gasteiger partial charge in [0.05, 0.1) is 11.9 Å². The highest BCUT2D eigenvalue weighted by Crippen LogP contribution is 2.30. The molecule has 2 N–H and O–H groups in total. The van der Waals surface area contributed by atoms with E-state index in [0.717, 1.165) is 42.4 Å². The van der Waals surface area contributed by atoms with Crippen molar-refractivity contribution in [2.24, 2.45) is 5.92 Å². The molecule has 2 aliphatic carbocycles. The Balaban J connectivity index is 1.48. The molecule has 0 amide bonds. The van der Waals surface area contributed by atoms with Gasteiger partial charge < -0.3 is 10.6 Å². The van der Waals surface area contributed by atoms with Crippen LogP contribution in [0.2, 0.25) is 0 Å². The Morgan fingerprint density at radius 1 is 0.926 bits per heavy atom. The van der Waals surface area contributed by atoms with Gasteiger partial charge in [0.25, 0.3) is 0 Å². The number of anilines is 2. The lowest BCUT2D eigenvalue weighted by molar-refractivity contribution is 0.470. The maximum absolute atomic E-state index is 14.5. The second-order valence-corrected chi connectivity index (χ2v) is 8.02. The molecule has 4 nitrogen and oxygen atoms in total. The van der Waals surface area contributed by atoms with Gasteiger partial charge in [-0.25, -0.2) is 9.37 Å². The fourth-order valence-corrected chi connectivity index (χ4v) is 3.82. The molecule has 4 rings (SSSR count). The van der Waals surface area contributed by atoms with E-state index in [4.69, 9.17) is 0 Å². The first-order valence-electron chi connectivity index (χ1n) is 10.4. The summed E-state index contributed by atoms with van der Waals surface area (Å²) in [4.78, 5) is 8.58. The number of aromatic nitrogens is 2. The van der Waals surface area contributed by atoms with Crippen LogP contribution in [-0.2, 0) is 0 Å². The number of nitrogens with zero attached hydrogens (tertiary/aromatic N) is 2. The molecule has 2 aromatic rings. The molecule has 2 heterocycles. The Morgan fingerprint density at radius 2 is 1.70 bits per heavy atom. The summed E-state index contributed by atoms with van der Waals surface area (Å²) in [5, 5.41) is 6.95. The van der Waals surface area contributed by atoms with Gasteiger partial charge in [-0.1, -0.05) is 32.1 Å². The molecular formula is C22H29FN4. The SMILES string of the molecule is Fc1cnc(NC2CCCCCCC2)cc1-c1cncc(NCC2CC2)c1. The second kappa shape index (κ2) is 8.68. The number of hydrogen-bond donors (Lipinski definition) is 2. The molecule has 2 fully saturated rings. The molecule has 144 valence electrons. The normalized spacial score (nSPS) is 18.6. The summed E-state index contributed by atoms with van der Waals surface area (Å²) in [6, 6.07) is 4.24. The number of hydrogen-bond acceptors (Lipinski definition) is 4. The number of halogens is 1. The molecule has 0 spiro atoms. The summed E-state index contributed by atoms with van der Waals surface area (Å²) in [5.74, 6) is 1.23. The first kappa shape index (κ1) is 18.2. The van der Waals surface area contributed by atoms with Crippen LogP contribution in [0, 0.1) is 11.7 Å². The molecule has 5 heteroatoms. The van der Waals surface area contributed by atoms with E-state index in [1.165, 1.54) is 51.1 Å². The van der Waals surface area contributed by atoms with Crippen LogP contribution in [0.5, 0.6) is 0 Å². The predicted molar refractivity (Wildman–Crippen MR) is 108 cm³/mol. The minimum atomic E-state index is -0.306. The monoisotopic (exact) mass is 368 g/mol. The van der Waals surface area contributed by atoms with Crippen molar-refractivity contribution in [3.63, 3.8) is 0 Å². The standard InChI is InChI=1S/C22H29FN4/c23-21-15-26-22(27-18-6-4-2-1-3-5-7-18)11-20(21)17-10-19(14-24-13-17)25-12-16-8-9-16/h10-11,13-16,18,25H,1-9,12H2,(H,26,27). The summed E-state index contributed by atoms with van der Waals surface area (Å²) in [7, 11) is 0. The molecule has 0 unspecified atom stereocenters. The van der Waals surface area contributed by atoms with Crippen LogP contribution in [-0.4, -0.2) is 22.6 Å². The van der Waals surface area contributed by atoms with E-state index in [0.29, 0.717) is 11.6 Å². The summed E-state index contributed by atoms with van der Waals surface area (Å²) >= 11 is 0. The van der Waals surface area contributed by atoms with Crippen LogP contribution in [0.4, 0.5) is 15.9 Å². The van der Waals surface area contributed by atoms with Crippen molar-refractivity contribution in [2.75, 3.05) is 17.2 Å². The van der Waals surface area contributed by atoms with Gasteiger partial charge in [0.1, 0.15) is 11.6 Å². The highest BCUT2D eigenvalue weighted by atomic mass is 19.1. The zero-order chi connectivity index (χ0) is 18.5. The Bertz CT molecular complexity index is 752. The second-order valence-electron chi connectivity index (χ2n) is 8.02. The summed E-state index contributed by atoms with van der Waals surface area (Å²) in [5.41, 5.74) is 2.29. The zero-order valence-corrected chi connectivity index (χ0v) is 15.9. The zero-order valence-electron chi connectivity index (χ0n) is 15.9. The minimum absolute atomic E-state index is 0.306. The topological polar surface area (TPSA) is 49.8 Å². The third-order valence-corrected chi connectivity index (χ3v) is 5.65. The average Bonchev–Trinajstić information content (AvgIpc) is 3.48. The highest BCUT2D eigenvalue weighted by molar-refractivity contribution is 5.69. The molecule has 0 aromatic carbocycles. The molecule has 0 saturated heterocycles. The van der Waals surface area contributed by atoms with Crippen molar-refractivity contribution < 1.29 is 4.39 Å². The van der Waals surface area contributed by atoms with Crippen molar-refractivity contribution in [3.8, 4) is 11.1 Å². The molecule has 27 heavy (non-hydrogen) atoms. The molecule has 0 atom stereocenters. The van der Waals surface area contributed by atoms with Crippen molar-refractivity contribution in [1.82, 2.24) is 9.97 Å². The lowest BCUT2D eigenvalue weighted by Crippen LogP contribution is -2.21. The predicted octanol–water partition coefficient (Wildman–Crippen LogP) is 5.63. The lowest BCUT2D eigenvalue weighted by atomic mass is 9.96. The summed E-state index contributed by atoms with van der Waals surface area (Å²) in [6.45, 7) is 0.971. The lowest BCUT2D eigenvalue weighted by Gasteiger charge is -2.22. The maximum Gasteiger partial charge on any atom is 0.149 e. The van der Waals surface area contributed by atoms with Gasteiger partial charge in [-0.05, 0) is 43.7 Å². The third kappa shape index (κ3) is 5.18. The van der Waals surface area contributed by atoms with Gasteiger partial charge in [0.15, 0.2) is 0 Å². The van der Waals surface area contributed by atoms with Crippen LogP contribution in [0.15, 0.2) is 30.7 Å². The van der Waals surface area contributed by atoms with Crippen molar-refractivity contribution in [3.05, 3.63) is 36.5 Å². The van der Waals surface area contributed by atoms with Crippen LogP contribution in [0.3, 0.4) is 0 Å². The highest BCUT2D eigenvalue weighted by Gasteiger charge is 2.20. The van der Waals surface area contributed by atoms with Crippen molar-refractivity contribution in [1.29, 1.82) is 0 Å². The Labute approximate surface area is 161 Å². The molecule has 2 aromatic heterocycles. The Morgan fingerprint density at radius 3 is 2.48 bits per heavy atom. The van der Waals surface area contributed by atoms with E-state index in [-0.39, 0.29) is 5.82 Å². The first-order valence-corrected chi connectivity index (χ1v) is 10.4. The van der Waals surface area contributed by atoms with Gasteiger partial charge >= 0.3 is 0 Å². The molecule has 0 bridgehead atoms. The van der Waals surface area contributed by atoms with Gasteiger partial charge in [-0.3, -0.25) is 4.98 Å². The van der Waals surface area contributed by atoms with Crippen LogP contribution < -0.4 is 10.6 Å².